The molecule has 0 bridgehead atoms. The third-order valence-electron chi connectivity index (χ3n) is 2.96. The highest BCUT2D eigenvalue weighted by atomic mass is 16.5. The molecule has 1 aliphatic carbocycles. The first-order valence-electron chi connectivity index (χ1n) is 6.27. The van der Waals surface area contributed by atoms with E-state index in [-0.39, 0.29) is 0 Å². The van der Waals surface area contributed by atoms with Crippen LogP contribution in [0.5, 0.6) is 5.75 Å². The van der Waals surface area contributed by atoms with Gasteiger partial charge in [0.25, 0.3) is 0 Å². The Kier molecular flexibility index (Phi) is 2.89. The van der Waals surface area contributed by atoms with Crippen molar-refractivity contribution < 1.29 is 4.74 Å². The first-order chi connectivity index (χ1) is 8.85. The highest BCUT2D eigenvalue weighted by Crippen LogP contribution is 2.29. The van der Waals surface area contributed by atoms with Crippen LogP contribution in [0.15, 0.2) is 42.5 Å². The second-order valence-corrected chi connectivity index (χ2v) is 4.50. The lowest BCUT2D eigenvalue weighted by Crippen LogP contribution is -1.96. The van der Waals surface area contributed by atoms with E-state index in [9.17, 15) is 0 Å². The Morgan fingerprint density at radius 1 is 1.17 bits per heavy atom. The molecule has 3 heteroatoms. The molecule has 0 spiro atoms. The van der Waals surface area contributed by atoms with Crippen LogP contribution in [0.3, 0.4) is 0 Å². The van der Waals surface area contributed by atoms with Crippen molar-refractivity contribution in [1.29, 1.82) is 0 Å². The minimum absolute atomic E-state index is 0.428. The predicted molar refractivity (Wildman–Crippen MR) is 72.9 cm³/mol. The number of hydrogen-bond acceptors (Lipinski definition) is 3. The van der Waals surface area contributed by atoms with E-state index in [0.29, 0.717) is 6.10 Å². The summed E-state index contributed by atoms with van der Waals surface area (Å²) in [7, 11) is 1.87. The number of ether oxygens (including phenoxy) is 1. The van der Waals surface area contributed by atoms with Gasteiger partial charge in [-0.1, -0.05) is 18.2 Å². The first-order valence-corrected chi connectivity index (χ1v) is 6.27. The van der Waals surface area contributed by atoms with Crippen molar-refractivity contribution in [2.45, 2.75) is 18.9 Å². The molecular formula is C15H16N2O. The van der Waals surface area contributed by atoms with Gasteiger partial charge in [-0.25, -0.2) is 4.98 Å². The maximum atomic E-state index is 5.80. The fraction of sp³-hybridized carbons (Fsp3) is 0.267. The van der Waals surface area contributed by atoms with Crippen molar-refractivity contribution in [3.05, 3.63) is 42.5 Å². The van der Waals surface area contributed by atoms with Crippen LogP contribution in [-0.4, -0.2) is 18.1 Å². The van der Waals surface area contributed by atoms with Crippen LogP contribution in [0.4, 0.5) is 5.82 Å². The summed E-state index contributed by atoms with van der Waals surface area (Å²) in [6, 6.07) is 14.1. The normalized spacial score (nSPS) is 14.3. The molecular weight excluding hydrogens is 224 g/mol. The molecule has 1 aromatic heterocycles. The second kappa shape index (κ2) is 4.69. The highest BCUT2D eigenvalue weighted by molar-refractivity contribution is 5.63. The molecule has 0 aliphatic heterocycles. The lowest BCUT2D eigenvalue weighted by molar-refractivity contribution is 0.303. The van der Waals surface area contributed by atoms with Crippen LogP contribution >= 0.6 is 0 Å². The molecule has 1 aromatic carbocycles. The summed E-state index contributed by atoms with van der Waals surface area (Å²) in [6.45, 7) is 0. The highest BCUT2D eigenvalue weighted by Gasteiger charge is 2.23. The number of hydrogen-bond donors (Lipinski definition) is 1. The zero-order chi connectivity index (χ0) is 12.4. The molecule has 1 aliphatic rings. The standard InChI is InChI=1S/C15H16N2O/c1-16-15-7-3-6-14(17-15)11-4-2-5-13(10-11)18-12-8-9-12/h2-7,10,12H,8-9H2,1H3,(H,16,17). The molecule has 0 unspecified atom stereocenters. The number of benzene rings is 1. The lowest BCUT2D eigenvalue weighted by Gasteiger charge is -2.07. The van der Waals surface area contributed by atoms with E-state index >= 15 is 0 Å². The maximum absolute atomic E-state index is 5.80. The minimum atomic E-state index is 0.428. The molecule has 1 heterocycles. The van der Waals surface area contributed by atoms with Crippen molar-refractivity contribution in [2.24, 2.45) is 0 Å². The number of nitrogens with one attached hydrogen (secondary N) is 1. The fourth-order valence-corrected chi connectivity index (χ4v) is 1.84. The van der Waals surface area contributed by atoms with E-state index in [1.54, 1.807) is 0 Å². The van der Waals surface area contributed by atoms with Crippen molar-refractivity contribution >= 4 is 5.82 Å². The van der Waals surface area contributed by atoms with Gasteiger partial charge in [0.15, 0.2) is 0 Å². The van der Waals surface area contributed by atoms with Gasteiger partial charge in [0, 0.05) is 12.6 Å². The molecule has 0 amide bonds. The Bertz CT molecular complexity index is 550. The van der Waals surface area contributed by atoms with Gasteiger partial charge in [-0.15, -0.1) is 0 Å². The van der Waals surface area contributed by atoms with Gasteiger partial charge in [-0.2, -0.15) is 0 Å². The maximum Gasteiger partial charge on any atom is 0.126 e. The third-order valence-corrected chi connectivity index (χ3v) is 2.96. The molecule has 3 rings (SSSR count). The number of rotatable bonds is 4. The molecule has 18 heavy (non-hydrogen) atoms. The molecule has 1 saturated carbocycles. The summed E-state index contributed by atoms with van der Waals surface area (Å²) < 4.78 is 5.80. The summed E-state index contributed by atoms with van der Waals surface area (Å²) in [4.78, 5) is 4.53. The summed E-state index contributed by atoms with van der Waals surface area (Å²) in [5.74, 6) is 1.81. The quantitative estimate of drug-likeness (QED) is 0.890. The summed E-state index contributed by atoms with van der Waals surface area (Å²) in [5, 5.41) is 3.05. The van der Waals surface area contributed by atoms with E-state index in [4.69, 9.17) is 4.74 Å². The molecule has 1 fully saturated rings. The van der Waals surface area contributed by atoms with Crippen molar-refractivity contribution in [3.8, 4) is 17.0 Å². The average Bonchev–Trinajstić information content (AvgIpc) is 3.23. The van der Waals surface area contributed by atoms with Gasteiger partial charge in [0.2, 0.25) is 0 Å². The lowest BCUT2D eigenvalue weighted by atomic mass is 10.1. The van der Waals surface area contributed by atoms with Crippen molar-refractivity contribution in [3.63, 3.8) is 0 Å². The minimum Gasteiger partial charge on any atom is -0.490 e. The van der Waals surface area contributed by atoms with E-state index in [0.717, 1.165) is 22.8 Å². The SMILES string of the molecule is CNc1cccc(-c2cccc(OC3CC3)c2)n1. The Morgan fingerprint density at radius 2 is 2.00 bits per heavy atom. The monoisotopic (exact) mass is 240 g/mol. The Balaban J connectivity index is 1.89. The van der Waals surface area contributed by atoms with Gasteiger partial charge in [-0.05, 0) is 37.1 Å². The largest absolute Gasteiger partial charge is 0.490 e. The summed E-state index contributed by atoms with van der Waals surface area (Å²) in [6.07, 6.45) is 2.78. The van der Waals surface area contributed by atoms with Crippen molar-refractivity contribution in [1.82, 2.24) is 4.98 Å². The zero-order valence-electron chi connectivity index (χ0n) is 10.4. The Morgan fingerprint density at radius 3 is 2.78 bits per heavy atom. The molecule has 1 N–H and O–H groups in total. The van der Waals surface area contributed by atoms with E-state index in [1.165, 1.54) is 12.8 Å². The fourth-order valence-electron chi connectivity index (χ4n) is 1.84. The van der Waals surface area contributed by atoms with Crippen LogP contribution in [0, 0.1) is 0 Å². The van der Waals surface area contributed by atoms with Crippen LogP contribution in [0.2, 0.25) is 0 Å². The smallest absolute Gasteiger partial charge is 0.126 e. The van der Waals surface area contributed by atoms with Crippen LogP contribution in [0.25, 0.3) is 11.3 Å². The molecule has 92 valence electrons. The van der Waals surface area contributed by atoms with Gasteiger partial charge in [-0.3, -0.25) is 0 Å². The number of nitrogens with zero attached hydrogens (tertiary/aromatic N) is 1. The van der Waals surface area contributed by atoms with E-state index in [2.05, 4.69) is 22.4 Å². The first kappa shape index (κ1) is 11.1. The van der Waals surface area contributed by atoms with Crippen LogP contribution in [-0.2, 0) is 0 Å². The van der Waals surface area contributed by atoms with E-state index in [1.807, 2.05) is 37.4 Å². The van der Waals surface area contributed by atoms with Crippen LogP contribution in [0.1, 0.15) is 12.8 Å². The average molecular weight is 240 g/mol. The molecule has 0 saturated heterocycles. The van der Waals surface area contributed by atoms with Gasteiger partial charge >= 0.3 is 0 Å². The third kappa shape index (κ3) is 2.45. The number of aromatic nitrogens is 1. The molecule has 0 radical (unpaired) electrons. The van der Waals surface area contributed by atoms with Crippen molar-refractivity contribution in [2.75, 3.05) is 12.4 Å². The topological polar surface area (TPSA) is 34.1 Å². The Hall–Kier alpha value is -2.03. The number of pyridine rings is 1. The zero-order valence-corrected chi connectivity index (χ0v) is 10.4. The van der Waals surface area contributed by atoms with Gasteiger partial charge in [0.1, 0.15) is 11.6 Å². The van der Waals surface area contributed by atoms with Gasteiger partial charge in [0.05, 0.1) is 11.8 Å². The number of anilines is 1. The Labute approximate surface area is 107 Å². The van der Waals surface area contributed by atoms with Gasteiger partial charge < -0.3 is 10.1 Å². The second-order valence-electron chi connectivity index (χ2n) is 4.50. The van der Waals surface area contributed by atoms with Crippen LogP contribution < -0.4 is 10.1 Å². The summed E-state index contributed by atoms with van der Waals surface area (Å²) >= 11 is 0. The molecule has 2 aromatic rings. The molecule has 0 atom stereocenters. The summed E-state index contributed by atoms with van der Waals surface area (Å²) in [5.41, 5.74) is 2.05. The van der Waals surface area contributed by atoms with E-state index < -0.39 is 0 Å². The predicted octanol–water partition coefficient (Wildman–Crippen LogP) is 3.33. The molecule has 3 nitrogen and oxygen atoms in total.